The monoisotopic (exact) mass is 291 g/mol. The largest absolute Gasteiger partial charge is 0.376 e. The van der Waals surface area contributed by atoms with E-state index < -0.39 is 0 Å². The van der Waals surface area contributed by atoms with Crippen LogP contribution >= 0.6 is 0 Å². The van der Waals surface area contributed by atoms with Crippen LogP contribution in [0.4, 0.5) is 5.82 Å². The van der Waals surface area contributed by atoms with Gasteiger partial charge in [0, 0.05) is 31.0 Å². The maximum atomic E-state index is 12.3. The second-order valence-corrected chi connectivity index (χ2v) is 5.36. The summed E-state index contributed by atoms with van der Waals surface area (Å²) in [6.45, 7) is 6.31. The fourth-order valence-corrected chi connectivity index (χ4v) is 2.49. The molecule has 21 heavy (non-hydrogen) atoms. The topological polar surface area (TPSA) is 63.2 Å². The van der Waals surface area contributed by atoms with Crippen LogP contribution < -0.4 is 10.6 Å². The molecule has 2 rings (SSSR count). The summed E-state index contributed by atoms with van der Waals surface area (Å²) in [4.78, 5) is 16.8. The van der Waals surface area contributed by atoms with E-state index in [1.165, 1.54) is 0 Å². The molecule has 1 aliphatic heterocycles. The van der Waals surface area contributed by atoms with Gasteiger partial charge in [-0.2, -0.15) is 0 Å². The fourth-order valence-electron chi connectivity index (χ4n) is 2.49. The number of aryl methyl sites for hydroxylation is 1. The van der Waals surface area contributed by atoms with Crippen LogP contribution in [0.3, 0.4) is 0 Å². The average Bonchev–Trinajstić information content (AvgIpc) is 2.98. The highest BCUT2D eigenvalue weighted by molar-refractivity contribution is 5.95. The quantitative estimate of drug-likeness (QED) is 0.809. The number of nitrogens with zero attached hydrogens (tertiary/aromatic N) is 1. The standard InChI is InChI=1S/C16H25N3O2/c1-3-6-13-9-12(10-15(19-13)17-4-2)16(20)18-11-14-7-5-8-21-14/h9-10,14H,3-8,11H2,1-2H3,(H,17,19)(H,18,20). The molecule has 5 nitrogen and oxygen atoms in total. The third-order valence-corrected chi connectivity index (χ3v) is 3.52. The summed E-state index contributed by atoms with van der Waals surface area (Å²) >= 11 is 0. The predicted molar refractivity (Wildman–Crippen MR) is 83.7 cm³/mol. The van der Waals surface area contributed by atoms with Crippen molar-refractivity contribution in [3.63, 3.8) is 0 Å². The molecule has 0 radical (unpaired) electrons. The van der Waals surface area contributed by atoms with Gasteiger partial charge in [0.1, 0.15) is 5.82 Å². The van der Waals surface area contributed by atoms with Gasteiger partial charge in [-0.3, -0.25) is 4.79 Å². The van der Waals surface area contributed by atoms with Gasteiger partial charge < -0.3 is 15.4 Å². The Kier molecular flexibility index (Phi) is 5.99. The number of hydrogen-bond acceptors (Lipinski definition) is 4. The van der Waals surface area contributed by atoms with E-state index in [1.54, 1.807) is 0 Å². The summed E-state index contributed by atoms with van der Waals surface area (Å²) in [6.07, 6.45) is 4.17. The Balaban J connectivity index is 2.03. The molecule has 2 heterocycles. The molecule has 0 saturated carbocycles. The Bertz CT molecular complexity index is 446. The SMILES string of the molecule is CCCc1cc(C(=O)NCC2CCCO2)cc(NCC)n1. The lowest BCUT2D eigenvalue weighted by Gasteiger charge is -2.12. The first-order valence-electron chi connectivity index (χ1n) is 7.87. The Labute approximate surface area is 126 Å². The van der Waals surface area contributed by atoms with Crippen LogP contribution in [0.15, 0.2) is 12.1 Å². The normalized spacial score (nSPS) is 17.7. The van der Waals surface area contributed by atoms with E-state index in [9.17, 15) is 4.79 Å². The van der Waals surface area contributed by atoms with Crippen LogP contribution in [-0.4, -0.2) is 36.7 Å². The highest BCUT2D eigenvalue weighted by Crippen LogP contribution is 2.14. The van der Waals surface area contributed by atoms with Gasteiger partial charge in [0.2, 0.25) is 0 Å². The number of anilines is 1. The van der Waals surface area contributed by atoms with Crippen LogP contribution in [0.2, 0.25) is 0 Å². The molecule has 2 N–H and O–H groups in total. The molecule has 1 fully saturated rings. The van der Waals surface area contributed by atoms with Crippen LogP contribution in [0, 0.1) is 0 Å². The van der Waals surface area contributed by atoms with E-state index in [1.807, 2.05) is 19.1 Å². The Hall–Kier alpha value is -1.62. The maximum absolute atomic E-state index is 12.3. The zero-order valence-electron chi connectivity index (χ0n) is 12.9. The lowest BCUT2D eigenvalue weighted by Crippen LogP contribution is -2.31. The maximum Gasteiger partial charge on any atom is 0.251 e. The molecule has 1 amide bonds. The van der Waals surface area contributed by atoms with Crippen molar-refractivity contribution >= 4 is 11.7 Å². The van der Waals surface area contributed by atoms with Gasteiger partial charge in [-0.1, -0.05) is 13.3 Å². The number of pyridine rings is 1. The number of ether oxygens (including phenoxy) is 1. The number of carbonyl (C=O) groups excluding carboxylic acids is 1. The van der Waals surface area contributed by atoms with Gasteiger partial charge in [0.25, 0.3) is 5.91 Å². The van der Waals surface area contributed by atoms with Crippen LogP contribution in [0.1, 0.15) is 49.2 Å². The summed E-state index contributed by atoms with van der Waals surface area (Å²) in [6, 6.07) is 3.70. The molecule has 1 saturated heterocycles. The minimum Gasteiger partial charge on any atom is -0.376 e. The second-order valence-electron chi connectivity index (χ2n) is 5.36. The van der Waals surface area contributed by atoms with Crippen molar-refractivity contribution in [2.24, 2.45) is 0 Å². The Morgan fingerprint density at radius 1 is 1.43 bits per heavy atom. The first-order valence-corrected chi connectivity index (χ1v) is 7.87. The Morgan fingerprint density at radius 3 is 2.95 bits per heavy atom. The number of nitrogens with one attached hydrogen (secondary N) is 2. The van der Waals surface area contributed by atoms with E-state index in [-0.39, 0.29) is 12.0 Å². The highest BCUT2D eigenvalue weighted by atomic mass is 16.5. The summed E-state index contributed by atoms with van der Waals surface area (Å²) < 4.78 is 5.52. The van der Waals surface area contributed by atoms with Crippen molar-refractivity contribution in [1.82, 2.24) is 10.3 Å². The van der Waals surface area contributed by atoms with E-state index in [4.69, 9.17) is 4.74 Å². The van der Waals surface area contributed by atoms with Crippen molar-refractivity contribution < 1.29 is 9.53 Å². The van der Waals surface area contributed by atoms with Gasteiger partial charge in [-0.05, 0) is 38.3 Å². The molecule has 0 aromatic carbocycles. The predicted octanol–water partition coefficient (Wildman–Crippen LogP) is 2.37. The second kappa shape index (κ2) is 7.98. The van der Waals surface area contributed by atoms with E-state index >= 15 is 0 Å². The lowest BCUT2D eigenvalue weighted by atomic mass is 10.1. The number of rotatable bonds is 7. The molecule has 0 aliphatic carbocycles. The van der Waals surface area contributed by atoms with E-state index in [0.717, 1.165) is 50.3 Å². The number of carbonyl (C=O) groups is 1. The van der Waals surface area contributed by atoms with Crippen molar-refractivity contribution in [2.75, 3.05) is 25.0 Å². The number of hydrogen-bond donors (Lipinski definition) is 2. The zero-order chi connectivity index (χ0) is 15.1. The summed E-state index contributed by atoms with van der Waals surface area (Å²) in [7, 11) is 0. The molecule has 116 valence electrons. The zero-order valence-corrected chi connectivity index (χ0v) is 12.9. The molecular weight excluding hydrogens is 266 g/mol. The molecule has 1 aromatic heterocycles. The molecule has 1 aromatic rings. The summed E-state index contributed by atoms with van der Waals surface area (Å²) in [5.41, 5.74) is 1.63. The summed E-state index contributed by atoms with van der Waals surface area (Å²) in [5, 5.41) is 6.14. The van der Waals surface area contributed by atoms with Gasteiger partial charge in [0.15, 0.2) is 0 Å². The molecule has 5 heteroatoms. The Morgan fingerprint density at radius 2 is 2.29 bits per heavy atom. The number of amides is 1. The van der Waals surface area contributed by atoms with Gasteiger partial charge in [-0.25, -0.2) is 4.98 Å². The minimum atomic E-state index is -0.0515. The molecule has 0 spiro atoms. The average molecular weight is 291 g/mol. The number of aromatic nitrogens is 1. The van der Waals surface area contributed by atoms with Crippen LogP contribution in [0.25, 0.3) is 0 Å². The van der Waals surface area contributed by atoms with E-state index in [2.05, 4.69) is 22.5 Å². The lowest BCUT2D eigenvalue weighted by molar-refractivity contribution is 0.0857. The first kappa shape index (κ1) is 15.8. The fraction of sp³-hybridized carbons (Fsp3) is 0.625. The third kappa shape index (κ3) is 4.70. The van der Waals surface area contributed by atoms with Crippen molar-refractivity contribution in [2.45, 2.75) is 45.6 Å². The minimum absolute atomic E-state index is 0.0515. The smallest absolute Gasteiger partial charge is 0.251 e. The van der Waals surface area contributed by atoms with Crippen LogP contribution in [0.5, 0.6) is 0 Å². The van der Waals surface area contributed by atoms with Crippen molar-refractivity contribution in [1.29, 1.82) is 0 Å². The van der Waals surface area contributed by atoms with Crippen LogP contribution in [-0.2, 0) is 11.2 Å². The molecule has 1 unspecified atom stereocenters. The molecule has 1 aliphatic rings. The van der Waals surface area contributed by atoms with Gasteiger partial charge in [-0.15, -0.1) is 0 Å². The summed E-state index contributed by atoms with van der Waals surface area (Å²) in [5.74, 6) is 0.718. The van der Waals surface area contributed by atoms with Gasteiger partial charge in [0.05, 0.1) is 6.10 Å². The van der Waals surface area contributed by atoms with Crippen molar-refractivity contribution in [3.8, 4) is 0 Å². The van der Waals surface area contributed by atoms with Gasteiger partial charge >= 0.3 is 0 Å². The van der Waals surface area contributed by atoms with Crippen molar-refractivity contribution in [3.05, 3.63) is 23.4 Å². The molecule has 1 atom stereocenters. The molecular formula is C16H25N3O2. The highest BCUT2D eigenvalue weighted by Gasteiger charge is 2.17. The van der Waals surface area contributed by atoms with E-state index in [0.29, 0.717) is 12.1 Å². The molecule has 0 bridgehead atoms. The third-order valence-electron chi connectivity index (χ3n) is 3.52. The first-order chi connectivity index (χ1) is 10.2.